The highest BCUT2D eigenvalue weighted by atomic mass is 16.5. The molecular formula is C22H29N7O4. The van der Waals surface area contributed by atoms with Crippen LogP contribution in [0.3, 0.4) is 0 Å². The fraction of sp³-hybridized carbons (Fsp3) is 0.409. The number of imidazole rings is 1. The van der Waals surface area contributed by atoms with Gasteiger partial charge in [0.2, 0.25) is 0 Å². The molecule has 0 radical (unpaired) electrons. The number of nitrogens with zero attached hydrogens (tertiary/aromatic N) is 6. The van der Waals surface area contributed by atoms with Crippen LogP contribution >= 0.6 is 0 Å². The van der Waals surface area contributed by atoms with Gasteiger partial charge in [-0.3, -0.25) is 14.6 Å². The number of methoxy groups -OCH3 is 1. The van der Waals surface area contributed by atoms with E-state index >= 15 is 0 Å². The number of hydrogen-bond acceptors (Lipinski definition) is 8. The first-order valence-electron chi connectivity index (χ1n) is 10.6. The van der Waals surface area contributed by atoms with E-state index in [-0.39, 0.29) is 12.4 Å². The number of carboxylic acid groups (broad SMARTS) is 1. The fourth-order valence-electron chi connectivity index (χ4n) is 3.49. The predicted octanol–water partition coefficient (Wildman–Crippen LogP) is 1.13. The lowest BCUT2D eigenvalue weighted by molar-refractivity contribution is -0.122. The highest BCUT2D eigenvalue weighted by Crippen LogP contribution is 2.19. The number of carbonyl (C=O) groups is 2. The van der Waals surface area contributed by atoms with Crippen molar-refractivity contribution < 1.29 is 19.4 Å². The van der Waals surface area contributed by atoms with Crippen LogP contribution in [0.15, 0.2) is 30.6 Å². The average Bonchev–Trinajstić information content (AvgIpc) is 3.25. The molecule has 0 aliphatic carbocycles. The molecule has 1 aliphatic heterocycles. The molecule has 2 N–H and O–H groups in total. The molecule has 4 rings (SSSR count). The monoisotopic (exact) mass is 455 g/mol. The van der Waals surface area contributed by atoms with Crippen molar-refractivity contribution in [3.63, 3.8) is 0 Å². The number of aromatic nitrogens is 4. The second kappa shape index (κ2) is 11.2. The maximum Gasteiger partial charge on any atom is 0.290 e. The highest BCUT2D eigenvalue weighted by molar-refractivity contribution is 5.92. The molecule has 2 aromatic heterocycles. The number of piperazine rings is 1. The van der Waals surface area contributed by atoms with Crippen molar-refractivity contribution in [3.05, 3.63) is 42.1 Å². The van der Waals surface area contributed by atoms with E-state index < -0.39 is 0 Å². The van der Waals surface area contributed by atoms with Crippen molar-refractivity contribution in [2.75, 3.05) is 58.8 Å². The SMILES string of the molecule is COc1ccc2nc(CCN(C)c3cncc(C(=O)N4CCN(C)CC4)n3)[nH]c2c1.O=CO. The minimum Gasteiger partial charge on any atom is -0.497 e. The number of ether oxygens (including phenoxy) is 1. The molecule has 11 nitrogen and oxygen atoms in total. The van der Waals surface area contributed by atoms with Crippen LogP contribution in [0.25, 0.3) is 11.0 Å². The van der Waals surface area contributed by atoms with E-state index in [4.69, 9.17) is 14.6 Å². The van der Waals surface area contributed by atoms with Gasteiger partial charge in [-0.05, 0) is 19.2 Å². The molecule has 0 bridgehead atoms. The number of nitrogens with one attached hydrogen (secondary N) is 1. The lowest BCUT2D eigenvalue weighted by Crippen LogP contribution is -2.47. The number of rotatable bonds is 6. The molecule has 3 heterocycles. The van der Waals surface area contributed by atoms with E-state index in [2.05, 4.69) is 31.9 Å². The van der Waals surface area contributed by atoms with Crippen LogP contribution in [-0.2, 0) is 11.2 Å². The fourth-order valence-corrected chi connectivity index (χ4v) is 3.49. The Bertz CT molecular complexity index is 1080. The third kappa shape index (κ3) is 6.16. The van der Waals surface area contributed by atoms with E-state index in [1.807, 2.05) is 35.0 Å². The van der Waals surface area contributed by atoms with Gasteiger partial charge in [-0.1, -0.05) is 0 Å². The Hall–Kier alpha value is -3.73. The summed E-state index contributed by atoms with van der Waals surface area (Å²) in [6.45, 7) is 3.63. The van der Waals surface area contributed by atoms with Crippen molar-refractivity contribution in [2.45, 2.75) is 6.42 Å². The van der Waals surface area contributed by atoms with Gasteiger partial charge < -0.3 is 29.5 Å². The molecule has 0 spiro atoms. The molecule has 33 heavy (non-hydrogen) atoms. The van der Waals surface area contributed by atoms with Crippen molar-refractivity contribution in [2.24, 2.45) is 0 Å². The number of hydrogen-bond donors (Lipinski definition) is 2. The maximum atomic E-state index is 12.8. The summed E-state index contributed by atoms with van der Waals surface area (Å²) in [5, 5.41) is 6.89. The highest BCUT2D eigenvalue weighted by Gasteiger charge is 2.22. The van der Waals surface area contributed by atoms with Gasteiger partial charge in [0, 0.05) is 52.3 Å². The predicted molar refractivity (Wildman–Crippen MR) is 124 cm³/mol. The molecular weight excluding hydrogens is 426 g/mol. The van der Waals surface area contributed by atoms with Gasteiger partial charge in [-0.25, -0.2) is 9.97 Å². The molecule has 1 amide bonds. The summed E-state index contributed by atoms with van der Waals surface area (Å²) in [6, 6.07) is 5.78. The van der Waals surface area contributed by atoms with Crippen LogP contribution in [0, 0.1) is 0 Å². The summed E-state index contributed by atoms with van der Waals surface area (Å²) < 4.78 is 5.26. The number of H-pyrrole nitrogens is 1. The zero-order valence-electron chi connectivity index (χ0n) is 19.1. The van der Waals surface area contributed by atoms with Gasteiger partial charge in [0.15, 0.2) is 0 Å². The van der Waals surface area contributed by atoms with Crippen molar-refractivity contribution in [1.82, 2.24) is 29.7 Å². The zero-order valence-corrected chi connectivity index (χ0v) is 19.1. The third-order valence-corrected chi connectivity index (χ3v) is 5.44. The lowest BCUT2D eigenvalue weighted by atomic mass is 10.3. The van der Waals surface area contributed by atoms with Crippen LogP contribution in [0.5, 0.6) is 5.75 Å². The smallest absolute Gasteiger partial charge is 0.290 e. The van der Waals surface area contributed by atoms with Crippen LogP contribution in [-0.4, -0.2) is 101 Å². The second-order valence-electron chi connectivity index (χ2n) is 7.70. The van der Waals surface area contributed by atoms with E-state index in [1.165, 1.54) is 0 Å². The first-order valence-corrected chi connectivity index (χ1v) is 10.6. The van der Waals surface area contributed by atoms with Crippen molar-refractivity contribution in [3.8, 4) is 5.75 Å². The molecule has 0 atom stereocenters. The summed E-state index contributed by atoms with van der Waals surface area (Å²) in [6.07, 6.45) is 3.95. The summed E-state index contributed by atoms with van der Waals surface area (Å²) in [5.74, 6) is 2.31. The summed E-state index contributed by atoms with van der Waals surface area (Å²) >= 11 is 0. The molecule has 1 aliphatic rings. The molecule has 176 valence electrons. The molecule has 3 aromatic rings. The van der Waals surface area contributed by atoms with Gasteiger partial charge in [0.05, 0.1) is 30.5 Å². The number of carbonyl (C=O) groups excluding carboxylic acids is 1. The first kappa shape index (κ1) is 23.9. The van der Waals surface area contributed by atoms with Gasteiger partial charge in [-0.2, -0.15) is 0 Å². The normalized spacial score (nSPS) is 13.8. The number of amides is 1. The van der Waals surface area contributed by atoms with E-state index in [9.17, 15) is 4.79 Å². The van der Waals surface area contributed by atoms with Crippen LogP contribution in [0.4, 0.5) is 5.82 Å². The molecule has 0 unspecified atom stereocenters. The number of anilines is 1. The maximum absolute atomic E-state index is 12.8. The van der Waals surface area contributed by atoms with Gasteiger partial charge >= 0.3 is 0 Å². The molecule has 1 saturated heterocycles. The van der Waals surface area contributed by atoms with E-state index in [1.54, 1.807) is 19.5 Å². The molecule has 1 fully saturated rings. The molecule has 1 aromatic carbocycles. The number of aromatic amines is 1. The van der Waals surface area contributed by atoms with Crippen molar-refractivity contribution >= 4 is 29.2 Å². The quantitative estimate of drug-likeness (QED) is 0.526. The number of fused-ring (bicyclic) bond motifs is 1. The Kier molecular flexibility index (Phi) is 8.14. The van der Waals surface area contributed by atoms with Crippen LogP contribution in [0.2, 0.25) is 0 Å². The van der Waals surface area contributed by atoms with Gasteiger partial charge in [-0.15, -0.1) is 0 Å². The van der Waals surface area contributed by atoms with Crippen LogP contribution < -0.4 is 9.64 Å². The van der Waals surface area contributed by atoms with Crippen molar-refractivity contribution in [1.29, 1.82) is 0 Å². The Labute approximate surface area is 192 Å². The Morgan fingerprint density at radius 3 is 2.67 bits per heavy atom. The topological polar surface area (TPSA) is 128 Å². The summed E-state index contributed by atoms with van der Waals surface area (Å²) in [7, 11) is 5.66. The van der Waals surface area contributed by atoms with Gasteiger partial charge in [0.25, 0.3) is 12.4 Å². The second-order valence-corrected chi connectivity index (χ2v) is 7.70. The van der Waals surface area contributed by atoms with Gasteiger partial charge in [0.1, 0.15) is 23.1 Å². The third-order valence-electron chi connectivity index (χ3n) is 5.44. The minimum atomic E-state index is -0.250. The Morgan fingerprint density at radius 1 is 1.24 bits per heavy atom. The minimum absolute atomic E-state index is 0.0583. The first-order chi connectivity index (χ1) is 15.9. The number of benzene rings is 1. The summed E-state index contributed by atoms with van der Waals surface area (Å²) in [4.78, 5) is 43.9. The zero-order chi connectivity index (χ0) is 23.8. The number of likely N-dealkylation sites (N-methyl/N-ethyl adjacent to an activating group) is 2. The van der Waals surface area contributed by atoms with E-state index in [0.29, 0.717) is 37.6 Å². The Balaban J connectivity index is 0.000000968. The standard InChI is InChI=1S/C21H27N7O2.CH2O2/c1-26-8-10-28(11-9-26)21(29)18-13-22-14-20(25-18)27(2)7-6-19-23-16-5-4-15(30-3)12-17(16)24-19;2-1-3/h4-5,12-14H,6-11H2,1-3H3,(H,23,24);1H,(H,2,3). The molecule has 0 saturated carbocycles. The lowest BCUT2D eigenvalue weighted by Gasteiger charge is -2.32. The van der Waals surface area contributed by atoms with Crippen LogP contribution in [0.1, 0.15) is 16.3 Å². The molecule has 11 heteroatoms. The largest absolute Gasteiger partial charge is 0.497 e. The average molecular weight is 456 g/mol. The summed E-state index contributed by atoms with van der Waals surface area (Å²) in [5.41, 5.74) is 2.25. The Morgan fingerprint density at radius 2 is 1.97 bits per heavy atom. The van der Waals surface area contributed by atoms with E-state index in [0.717, 1.165) is 35.7 Å².